The molecule has 2 nitrogen and oxygen atoms in total. The molecule has 3 heteroatoms. The van der Waals surface area contributed by atoms with Gasteiger partial charge in [0.1, 0.15) is 5.76 Å². The second-order valence-electron chi connectivity index (χ2n) is 2.39. The smallest absolute Gasteiger partial charge is 0.143 e. The molecule has 0 aliphatic rings. The Labute approximate surface area is 74.8 Å². The highest BCUT2D eigenvalue weighted by Crippen LogP contribution is 2.30. The van der Waals surface area contributed by atoms with Crippen molar-refractivity contribution in [1.82, 2.24) is 0 Å². The average molecular weight is 179 g/mol. The summed E-state index contributed by atoms with van der Waals surface area (Å²) >= 11 is 1.69. The van der Waals surface area contributed by atoms with Crippen LogP contribution in [-0.4, -0.2) is 7.05 Å². The predicted octanol–water partition coefficient (Wildman–Crippen LogP) is 3.05. The van der Waals surface area contributed by atoms with E-state index >= 15 is 0 Å². The molecule has 2 aromatic heterocycles. The number of hydrogen-bond donors (Lipinski definition) is 1. The molecular formula is C9H9NOS. The summed E-state index contributed by atoms with van der Waals surface area (Å²) in [4.78, 5) is 1.16. The highest BCUT2D eigenvalue weighted by atomic mass is 32.1. The lowest BCUT2D eigenvalue weighted by Gasteiger charge is -1.89. The van der Waals surface area contributed by atoms with Gasteiger partial charge in [-0.25, -0.2) is 0 Å². The molecule has 1 N–H and O–H groups in total. The van der Waals surface area contributed by atoms with E-state index in [0.717, 1.165) is 15.6 Å². The lowest BCUT2D eigenvalue weighted by molar-refractivity contribution is 0.584. The largest absolute Gasteiger partial charge is 0.464 e. The Bertz CT molecular complexity index is 350. The van der Waals surface area contributed by atoms with Crippen LogP contribution in [0.2, 0.25) is 0 Å². The Morgan fingerprint density at radius 2 is 2.25 bits per heavy atom. The number of rotatable bonds is 2. The van der Waals surface area contributed by atoms with Crippen molar-refractivity contribution >= 4 is 16.3 Å². The van der Waals surface area contributed by atoms with Crippen molar-refractivity contribution in [3.63, 3.8) is 0 Å². The van der Waals surface area contributed by atoms with E-state index in [9.17, 15) is 0 Å². The zero-order valence-electron chi connectivity index (χ0n) is 6.70. The molecule has 0 fully saturated rings. The van der Waals surface area contributed by atoms with Gasteiger partial charge in [-0.1, -0.05) is 0 Å². The van der Waals surface area contributed by atoms with Gasteiger partial charge in [-0.3, -0.25) is 0 Å². The molecule has 0 saturated carbocycles. The van der Waals surface area contributed by atoms with Crippen LogP contribution in [0.5, 0.6) is 0 Å². The third-order valence-electron chi connectivity index (χ3n) is 1.62. The van der Waals surface area contributed by atoms with Gasteiger partial charge in [-0.05, 0) is 24.3 Å². The fourth-order valence-corrected chi connectivity index (χ4v) is 1.85. The van der Waals surface area contributed by atoms with Crippen LogP contribution in [0, 0.1) is 0 Å². The maximum absolute atomic E-state index is 5.26. The van der Waals surface area contributed by atoms with E-state index in [4.69, 9.17) is 4.42 Å². The molecule has 0 spiro atoms. The lowest BCUT2D eigenvalue weighted by atomic mass is 10.4. The van der Waals surface area contributed by atoms with Crippen LogP contribution in [0.4, 0.5) is 5.00 Å². The molecular weight excluding hydrogens is 170 g/mol. The first kappa shape index (κ1) is 7.43. The topological polar surface area (TPSA) is 25.2 Å². The van der Waals surface area contributed by atoms with Crippen molar-refractivity contribution < 1.29 is 4.42 Å². The molecule has 2 heterocycles. The normalized spacial score (nSPS) is 10.1. The van der Waals surface area contributed by atoms with Crippen LogP contribution in [0.25, 0.3) is 10.6 Å². The minimum atomic E-state index is 0.932. The van der Waals surface area contributed by atoms with Crippen molar-refractivity contribution in [3.8, 4) is 10.6 Å². The first-order valence-corrected chi connectivity index (χ1v) is 4.53. The van der Waals surface area contributed by atoms with E-state index in [1.54, 1.807) is 17.6 Å². The van der Waals surface area contributed by atoms with Gasteiger partial charge in [0, 0.05) is 7.05 Å². The Balaban J connectivity index is 2.35. The van der Waals surface area contributed by atoms with Gasteiger partial charge >= 0.3 is 0 Å². The van der Waals surface area contributed by atoms with Crippen molar-refractivity contribution in [3.05, 3.63) is 30.5 Å². The Morgan fingerprint density at radius 1 is 1.33 bits per heavy atom. The van der Waals surface area contributed by atoms with Crippen LogP contribution in [0.1, 0.15) is 0 Å². The Kier molecular flexibility index (Phi) is 1.87. The molecule has 0 aliphatic heterocycles. The fourth-order valence-electron chi connectivity index (χ4n) is 1.02. The van der Waals surface area contributed by atoms with Gasteiger partial charge in [-0.2, -0.15) is 0 Å². The molecule has 0 bridgehead atoms. The molecule has 2 rings (SSSR count). The Morgan fingerprint density at radius 3 is 2.83 bits per heavy atom. The van der Waals surface area contributed by atoms with Crippen LogP contribution < -0.4 is 5.32 Å². The van der Waals surface area contributed by atoms with E-state index in [-0.39, 0.29) is 0 Å². The molecule has 0 unspecified atom stereocenters. The molecule has 0 aromatic carbocycles. The second kappa shape index (κ2) is 3.03. The average Bonchev–Trinajstić information content (AvgIpc) is 2.75. The number of hydrogen-bond acceptors (Lipinski definition) is 3. The molecule has 0 amide bonds. The number of anilines is 1. The van der Waals surface area contributed by atoms with Crippen molar-refractivity contribution in [2.24, 2.45) is 0 Å². The van der Waals surface area contributed by atoms with Crippen LogP contribution in [0.3, 0.4) is 0 Å². The number of furan rings is 1. The zero-order chi connectivity index (χ0) is 8.39. The van der Waals surface area contributed by atoms with Crippen molar-refractivity contribution in [2.45, 2.75) is 0 Å². The molecule has 2 aromatic rings. The van der Waals surface area contributed by atoms with Gasteiger partial charge in [-0.15, -0.1) is 11.3 Å². The molecule has 0 aliphatic carbocycles. The number of thiophene rings is 1. The molecule has 0 saturated heterocycles. The van der Waals surface area contributed by atoms with E-state index in [0.29, 0.717) is 0 Å². The summed E-state index contributed by atoms with van der Waals surface area (Å²) in [5.41, 5.74) is 0. The monoisotopic (exact) mass is 179 g/mol. The summed E-state index contributed by atoms with van der Waals surface area (Å²) in [5.74, 6) is 0.932. The van der Waals surface area contributed by atoms with E-state index in [1.165, 1.54) is 0 Å². The van der Waals surface area contributed by atoms with Crippen LogP contribution >= 0.6 is 11.3 Å². The van der Waals surface area contributed by atoms with Crippen molar-refractivity contribution in [1.29, 1.82) is 0 Å². The first-order chi connectivity index (χ1) is 5.90. The SMILES string of the molecule is CNc1ccc(-c2ccco2)s1. The molecule has 62 valence electrons. The second-order valence-corrected chi connectivity index (χ2v) is 3.47. The van der Waals surface area contributed by atoms with Gasteiger partial charge in [0.15, 0.2) is 0 Å². The molecule has 12 heavy (non-hydrogen) atoms. The zero-order valence-corrected chi connectivity index (χ0v) is 7.52. The first-order valence-electron chi connectivity index (χ1n) is 3.71. The molecule has 0 atom stereocenters. The highest BCUT2D eigenvalue weighted by molar-refractivity contribution is 7.19. The summed E-state index contributed by atoms with van der Waals surface area (Å²) < 4.78 is 5.26. The fraction of sp³-hybridized carbons (Fsp3) is 0.111. The van der Waals surface area contributed by atoms with Gasteiger partial charge < -0.3 is 9.73 Å². The maximum Gasteiger partial charge on any atom is 0.143 e. The standard InChI is InChI=1S/C9H9NOS/c1-10-9-5-4-8(12-9)7-3-2-6-11-7/h2-6,10H,1H3. The summed E-state index contributed by atoms with van der Waals surface area (Å²) in [6.45, 7) is 0. The van der Waals surface area contributed by atoms with Gasteiger partial charge in [0.05, 0.1) is 16.1 Å². The number of nitrogens with one attached hydrogen (secondary N) is 1. The van der Waals surface area contributed by atoms with Crippen LogP contribution in [-0.2, 0) is 0 Å². The quantitative estimate of drug-likeness (QED) is 0.766. The highest BCUT2D eigenvalue weighted by Gasteiger charge is 2.02. The summed E-state index contributed by atoms with van der Waals surface area (Å²) in [6.07, 6.45) is 1.69. The van der Waals surface area contributed by atoms with E-state index < -0.39 is 0 Å². The predicted molar refractivity (Wildman–Crippen MR) is 51.6 cm³/mol. The summed E-state index contributed by atoms with van der Waals surface area (Å²) in [5, 5.41) is 4.24. The van der Waals surface area contributed by atoms with Crippen LogP contribution in [0.15, 0.2) is 34.9 Å². The Hall–Kier alpha value is -1.22. The summed E-state index contributed by atoms with van der Waals surface area (Å²) in [7, 11) is 1.91. The lowest BCUT2D eigenvalue weighted by Crippen LogP contribution is -1.79. The van der Waals surface area contributed by atoms with Gasteiger partial charge in [0.2, 0.25) is 0 Å². The summed E-state index contributed by atoms with van der Waals surface area (Å²) in [6, 6.07) is 7.96. The van der Waals surface area contributed by atoms with E-state index in [1.807, 2.05) is 25.2 Å². The third-order valence-corrected chi connectivity index (χ3v) is 2.73. The minimum Gasteiger partial charge on any atom is -0.464 e. The molecule has 0 radical (unpaired) electrons. The third kappa shape index (κ3) is 1.23. The van der Waals surface area contributed by atoms with E-state index in [2.05, 4.69) is 11.4 Å². The maximum atomic E-state index is 5.26. The van der Waals surface area contributed by atoms with Crippen molar-refractivity contribution in [2.75, 3.05) is 12.4 Å². The minimum absolute atomic E-state index is 0.932. The van der Waals surface area contributed by atoms with Gasteiger partial charge in [0.25, 0.3) is 0 Å².